The smallest absolute Gasteiger partial charge is 0.336 e. The zero-order valence-electron chi connectivity index (χ0n) is 21.5. The predicted molar refractivity (Wildman–Crippen MR) is 159 cm³/mol. The third-order valence-electron chi connectivity index (χ3n) is 6.33. The molecule has 1 aliphatic heterocycles. The minimum atomic E-state index is -5.20. The van der Waals surface area contributed by atoms with Crippen LogP contribution in [0.3, 0.4) is 0 Å². The van der Waals surface area contributed by atoms with Crippen molar-refractivity contribution in [2.24, 2.45) is 0 Å². The van der Waals surface area contributed by atoms with E-state index in [1.54, 1.807) is 54.6 Å². The zero-order chi connectivity index (χ0) is 30.6. The highest BCUT2D eigenvalue weighted by molar-refractivity contribution is 6.42. The van der Waals surface area contributed by atoms with Crippen LogP contribution < -0.4 is 5.32 Å². The van der Waals surface area contributed by atoms with Crippen LogP contribution in [0.1, 0.15) is 16.7 Å². The maximum absolute atomic E-state index is 13.8. The van der Waals surface area contributed by atoms with Crippen LogP contribution >= 0.6 is 46.4 Å². The topological polar surface area (TPSA) is 66.5 Å². The van der Waals surface area contributed by atoms with E-state index < -0.39 is 29.8 Å². The molecule has 0 spiro atoms. The number of ketones is 1. The third-order valence-corrected chi connectivity index (χ3v) is 7.81. The van der Waals surface area contributed by atoms with Crippen molar-refractivity contribution in [1.29, 1.82) is 0 Å². The third kappa shape index (κ3) is 7.95. The van der Waals surface area contributed by atoms with Crippen molar-refractivity contribution in [3.05, 3.63) is 115 Å². The van der Waals surface area contributed by atoms with Gasteiger partial charge in [0.25, 0.3) is 0 Å². The second kappa shape index (κ2) is 13.3. The van der Waals surface area contributed by atoms with Gasteiger partial charge < -0.3 is 10.2 Å². The molecule has 1 saturated heterocycles. The van der Waals surface area contributed by atoms with Gasteiger partial charge in [-0.1, -0.05) is 88.9 Å². The van der Waals surface area contributed by atoms with Crippen molar-refractivity contribution in [1.82, 2.24) is 10.2 Å². The van der Waals surface area contributed by atoms with Crippen LogP contribution in [0.25, 0.3) is 12.2 Å². The van der Waals surface area contributed by atoms with Gasteiger partial charge in [0.1, 0.15) is 6.04 Å². The van der Waals surface area contributed by atoms with Crippen LogP contribution in [0.4, 0.5) is 13.2 Å². The Morgan fingerprint density at radius 1 is 0.810 bits per heavy atom. The van der Waals surface area contributed by atoms with Gasteiger partial charge in [-0.05, 0) is 53.1 Å². The van der Waals surface area contributed by atoms with Crippen molar-refractivity contribution in [3.8, 4) is 0 Å². The average Bonchev–Trinajstić information content (AvgIpc) is 2.94. The predicted octanol–water partition coefficient (Wildman–Crippen LogP) is 7.47. The van der Waals surface area contributed by atoms with Crippen LogP contribution in [0.15, 0.2) is 77.9 Å². The molecule has 2 amide bonds. The molecule has 0 radical (unpaired) electrons. The number of carbonyl (C=O) groups excluding carboxylic acids is 3. The first-order valence-corrected chi connectivity index (χ1v) is 13.9. The van der Waals surface area contributed by atoms with Crippen LogP contribution in [0, 0.1) is 0 Å². The summed E-state index contributed by atoms with van der Waals surface area (Å²) in [5, 5.41) is 2.91. The molecule has 4 rings (SSSR count). The van der Waals surface area contributed by atoms with Crippen molar-refractivity contribution in [2.75, 3.05) is 13.1 Å². The molecule has 12 heteroatoms. The molecular weight excluding hydrogens is 635 g/mol. The van der Waals surface area contributed by atoms with Crippen LogP contribution in [-0.4, -0.2) is 47.8 Å². The number of halogens is 7. The van der Waals surface area contributed by atoms with E-state index in [1.165, 1.54) is 29.2 Å². The Labute approximate surface area is 259 Å². The fourth-order valence-electron chi connectivity index (χ4n) is 4.31. The normalized spacial score (nSPS) is 16.5. The fraction of sp³-hybridized carbons (Fsp3) is 0.167. The second-order valence-electron chi connectivity index (χ2n) is 9.42. The van der Waals surface area contributed by atoms with Crippen LogP contribution in [0.5, 0.6) is 0 Å². The van der Waals surface area contributed by atoms with E-state index in [0.29, 0.717) is 26.7 Å². The maximum atomic E-state index is 13.8. The quantitative estimate of drug-likeness (QED) is 0.280. The van der Waals surface area contributed by atoms with Gasteiger partial charge in [0, 0.05) is 30.7 Å². The number of amides is 2. The van der Waals surface area contributed by atoms with Crippen molar-refractivity contribution in [3.63, 3.8) is 0 Å². The van der Waals surface area contributed by atoms with E-state index in [1.807, 2.05) is 5.32 Å². The van der Waals surface area contributed by atoms with Crippen molar-refractivity contribution < 1.29 is 27.6 Å². The largest absolute Gasteiger partial charge is 0.471 e. The number of carbonyl (C=O) groups is 3. The number of benzene rings is 3. The first kappa shape index (κ1) is 31.6. The molecule has 3 aromatic carbocycles. The molecule has 0 bridgehead atoms. The van der Waals surface area contributed by atoms with Gasteiger partial charge in [-0.3, -0.25) is 14.4 Å². The monoisotopic (exact) mass is 654 g/mol. The Bertz CT molecular complexity index is 1520. The lowest BCUT2D eigenvalue weighted by Gasteiger charge is -2.33. The molecule has 1 fully saturated rings. The lowest BCUT2D eigenvalue weighted by molar-refractivity contribution is -0.175. The fourth-order valence-corrected chi connectivity index (χ4v) is 4.93. The molecule has 218 valence electrons. The van der Waals surface area contributed by atoms with E-state index >= 15 is 0 Å². The molecule has 0 aromatic heterocycles. The highest BCUT2D eigenvalue weighted by atomic mass is 35.5. The SMILES string of the molecule is O=C1/C(=C/c2ccc(Cl)c(Cl)c2)CN(C(=O)C(Cc2ccccc2)NC(=O)C(F)(F)F)C/C1=C\c1ccc(Cl)c(Cl)c1. The molecule has 1 N–H and O–H groups in total. The molecule has 3 aromatic rings. The molecule has 1 unspecified atom stereocenters. The second-order valence-corrected chi connectivity index (χ2v) is 11.1. The summed E-state index contributed by atoms with van der Waals surface area (Å²) in [7, 11) is 0. The first-order chi connectivity index (χ1) is 19.8. The van der Waals surface area contributed by atoms with E-state index in [4.69, 9.17) is 46.4 Å². The van der Waals surface area contributed by atoms with Gasteiger partial charge in [0.15, 0.2) is 5.78 Å². The van der Waals surface area contributed by atoms with Crippen LogP contribution in [0.2, 0.25) is 20.1 Å². The Hall–Kier alpha value is -3.30. The maximum Gasteiger partial charge on any atom is 0.471 e. The zero-order valence-corrected chi connectivity index (χ0v) is 24.5. The van der Waals surface area contributed by atoms with Gasteiger partial charge >= 0.3 is 12.1 Å². The van der Waals surface area contributed by atoms with Gasteiger partial charge in [-0.15, -0.1) is 0 Å². The number of likely N-dealkylation sites (tertiary alicyclic amines) is 1. The number of hydrogen-bond donors (Lipinski definition) is 1. The number of piperidine rings is 1. The minimum absolute atomic E-state index is 0.167. The highest BCUT2D eigenvalue weighted by Crippen LogP contribution is 2.29. The van der Waals surface area contributed by atoms with Crippen molar-refractivity contribution >= 4 is 76.2 Å². The molecular formula is C30H21Cl4F3N2O3. The summed E-state index contributed by atoms with van der Waals surface area (Å²) in [6, 6.07) is 16.1. The first-order valence-electron chi connectivity index (χ1n) is 12.4. The summed E-state index contributed by atoms with van der Waals surface area (Å²) in [6.45, 7) is -0.465. The highest BCUT2D eigenvalue weighted by Gasteiger charge is 2.42. The Morgan fingerprint density at radius 3 is 1.76 bits per heavy atom. The van der Waals surface area contributed by atoms with E-state index in [9.17, 15) is 27.6 Å². The van der Waals surface area contributed by atoms with Gasteiger partial charge in [-0.25, -0.2) is 0 Å². The summed E-state index contributed by atoms with van der Waals surface area (Å²) >= 11 is 24.3. The lowest BCUT2D eigenvalue weighted by Crippen LogP contribution is -2.54. The number of rotatable bonds is 6. The number of Topliss-reactive ketones (excluding diaryl/α,β-unsaturated/α-hetero) is 1. The number of alkyl halides is 3. The molecule has 0 aliphatic carbocycles. The Morgan fingerprint density at radius 2 is 1.31 bits per heavy atom. The number of hydrogen-bond acceptors (Lipinski definition) is 3. The molecule has 1 aliphatic rings. The summed E-state index contributed by atoms with van der Waals surface area (Å²) in [5.41, 5.74) is 1.90. The molecule has 1 heterocycles. The summed E-state index contributed by atoms with van der Waals surface area (Å²) in [4.78, 5) is 40.5. The van der Waals surface area contributed by atoms with E-state index in [0.717, 1.165) is 0 Å². The molecule has 1 atom stereocenters. The molecule has 42 heavy (non-hydrogen) atoms. The molecule has 0 saturated carbocycles. The van der Waals surface area contributed by atoms with Gasteiger partial charge in [-0.2, -0.15) is 13.2 Å². The minimum Gasteiger partial charge on any atom is -0.336 e. The van der Waals surface area contributed by atoms with E-state index in [-0.39, 0.29) is 40.7 Å². The summed E-state index contributed by atoms with van der Waals surface area (Å²) in [5.74, 6) is -3.44. The van der Waals surface area contributed by atoms with E-state index in [2.05, 4.69) is 0 Å². The number of nitrogens with zero attached hydrogens (tertiary/aromatic N) is 1. The van der Waals surface area contributed by atoms with Gasteiger partial charge in [0.05, 0.1) is 20.1 Å². The molecule has 5 nitrogen and oxygen atoms in total. The Balaban J connectivity index is 1.74. The average molecular weight is 656 g/mol. The standard InChI is InChI=1S/C30H21Cl4F3N2O3/c31-22-8-6-18(12-24(22)33)10-20-15-39(16-21(27(20)40)11-19-7-9-23(32)25(34)13-19)28(41)26(38-29(42)30(35,36)37)14-17-4-2-1-3-5-17/h1-13,26H,14-16H2,(H,38,42)/b20-10+,21-11+. The van der Waals surface area contributed by atoms with Crippen molar-refractivity contribution in [2.45, 2.75) is 18.6 Å². The Kier molecular flexibility index (Phi) is 10.0. The summed E-state index contributed by atoms with van der Waals surface area (Å²) < 4.78 is 39.6. The van der Waals surface area contributed by atoms with Gasteiger partial charge in [0.2, 0.25) is 5.91 Å². The van der Waals surface area contributed by atoms with Crippen LogP contribution in [-0.2, 0) is 20.8 Å². The summed E-state index contributed by atoms with van der Waals surface area (Å²) in [6.07, 6.45) is -2.37. The number of nitrogens with one attached hydrogen (secondary N) is 1. The lowest BCUT2D eigenvalue weighted by atomic mass is 9.93.